The van der Waals surface area contributed by atoms with E-state index < -0.39 is 11.7 Å². The lowest BCUT2D eigenvalue weighted by molar-refractivity contribution is -0.120. The summed E-state index contributed by atoms with van der Waals surface area (Å²) in [5.74, 6) is 0.117. The van der Waals surface area contributed by atoms with Gasteiger partial charge < -0.3 is 19.6 Å². The average molecular weight is 408 g/mol. The van der Waals surface area contributed by atoms with Crippen molar-refractivity contribution in [2.45, 2.75) is 6.61 Å². The van der Waals surface area contributed by atoms with Crippen LogP contribution >= 0.6 is 0 Å². The molecule has 6 nitrogen and oxygen atoms in total. The highest BCUT2D eigenvalue weighted by atomic mass is 19.1. The van der Waals surface area contributed by atoms with Gasteiger partial charge in [-0.15, -0.1) is 0 Å². The number of nitrogens with one attached hydrogen (secondary N) is 1. The molecule has 0 atom stereocenters. The first-order valence-corrected chi connectivity index (χ1v) is 9.20. The van der Waals surface area contributed by atoms with E-state index >= 15 is 0 Å². The van der Waals surface area contributed by atoms with Crippen molar-refractivity contribution in [3.63, 3.8) is 0 Å². The van der Waals surface area contributed by atoms with E-state index in [1.807, 2.05) is 30.3 Å². The van der Waals surface area contributed by atoms with Crippen molar-refractivity contribution in [1.29, 1.82) is 0 Å². The van der Waals surface area contributed by atoms with Gasteiger partial charge in [0.25, 0.3) is 5.91 Å². The third-order valence-corrected chi connectivity index (χ3v) is 4.04. The Bertz CT molecular complexity index is 1010. The lowest BCUT2D eigenvalue weighted by Crippen LogP contribution is -2.17. The molecule has 1 N–H and O–H groups in total. The molecular weight excluding hydrogens is 387 g/mol. The molecule has 0 fully saturated rings. The maximum atomic E-state index is 13.5. The van der Waals surface area contributed by atoms with Crippen molar-refractivity contribution in [1.82, 2.24) is 0 Å². The molecular formula is C23H21FN2O4. The van der Waals surface area contributed by atoms with Crippen LogP contribution in [0.15, 0.2) is 78.0 Å². The Morgan fingerprint density at radius 2 is 1.80 bits per heavy atom. The van der Waals surface area contributed by atoms with Gasteiger partial charge in [-0.1, -0.05) is 47.6 Å². The van der Waals surface area contributed by atoms with Gasteiger partial charge in [0.05, 0.1) is 19.0 Å². The maximum absolute atomic E-state index is 13.5. The highest BCUT2D eigenvalue weighted by Gasteiger charge is 2.07. The fourth-order valence-electron chi connectivity index (χ4n) is 2.56. The van der Waals surface area contributed by atoms with Crippen molar-refractivity contribution in [3.8, 4) is 11.5 Å². The smallest absolute Gasteiger partial charge is 0.265 e. The molecule has 0 aromatic heterocycles. The molecule has 0 aliphatic carbocycles. The molecule has 3 aromatic carbocycles. The Balaban J connectivity index is 1.51. The highest BCUT2D eigenvalue weighted by Crippen LogP contribution is 2.28. The van der Waals surface area contributed by atoms with Gasteiger partial charge >= 0.3 is 0 Å². The van der Waals surface area contributed by atoms with Crippen LogP contribution in [0.2, 0.25) is 0 Å². The summed E-state index contributed by atoms with van der Waals surface area (Å²) < 4.78 is 24.7. The van der Waals surface area contributed by atoms with Crippen LogP contribution in [0.4, 0.5) is 10.1 Å². The van der Waals surface area contributed by atoms with E-state index in [-0.39, 0.29) is 12.3 Å². The molecule has 3 aromatic rings. The number of hydrogen-bond acceptors (Lipinski definition) is 5. The minimum atomic E-state index is -0.518. The monoisotopic (exact) mass is 408 g/mol. The summed E-state index contributed by atoms with van der Waals surface area (Å²) in [5.41, 5.74) is 1.84. The Morgan fingerprint density at radius 1 is 1.03 bits per heavy atom. The van der Waals surface area contributed by atoms with Gasteiger partial charge in [0, 0.05) is 5.56 Å². The standard InChI is InChI=1S/C23H21FN2O4/c1-28-22-13-18(11-12-21(22)29-15-17-7-3-2-4-8-17)14-25-30-16-23(27)26-20-10-6-5-9-19(20)24/h2-14H,15-16H2,1H3,(H,26,27)/b25-14-. The SMILES string of the molecule is COc1cc(/C=N\OCC(=O)Nc2ccccc2F)ccc1OCc1ccccc1. The first kappa shape index (κ1) is 20.9. The van der Waals surface area contributed by atoms with Gasteiger partial charge in [0.1, 0.15) is 12.4 Å². The van der Waals surface area contributed by atoms with Crippen LogP contribution in [-0.4, -0.2) is 25.8 Å². The molecule has 0 saturated carbocycles. The van der Waals surface area contributed by atoms with E-state index in [0.717, 1.165) is 5.56 Å². The summed E-state index contributed by atoms with van der Waals surface area (Å²) in [5, 5.41) is 6.18. The summed E-state index contributed by atoms with van der Waals surface area (Å²) in [6.45, 7) is 0.0745. The molecule has 0 unspecified atom stereocenters. The molecule has 0 radical (unpaired) electrons. The second-order valence-electron chi connectivity index (χ2n) is 6.22. The van der Waals surface area contributed by atoms with Crippen molar-refractivity contribution < 1.29 is 23.5 Å². The van der Waals surface area contributed by atoms with Gasteiger partial charge in [-0.2, -0.15) is 0 Å². The number of carbonyl (C=O) groups excluding carboxylic acids is 1. The molecule has 30 heavy (non-hydrogen) atoms. The first-order chi connectivity index (χ1) is 14.7. The zero-order valence-corrected chi connectivity index (χ0v) is 16.4. The zero-order valence-electron chi connectivity index (χ0n) is 16.4. The first-order valence-electron chi connectivity index (χ1n) is 9.20. The van der Waals surface area contributed by atoms with E-state index in [1.165, 1.54) is 24.4 Å². The summed E-state index contributed by atoms with van der Waals surface area (Å²) in [6.07, 6.45) is 1.44. The molecule has 0 spiro atoms. The number of para-hydroxylation sites is 1. The number of halogens is 1. The molecule has 0 aliphatic heterocycles. The second-order valence-corrected chi connectivity index (χ2v) is 6.22. The summed E-state index contributed by atoms with van der Waals surface area (Å²) in [6, 6.07) is 21.0. The molecule has 0 bridgehead atoms. The summed E-state index contributed by atoms with van der Waals surface area (Å²) >= 11 is 0. The number of benzene rings is 3. The number of oxime groups is 1. The number of hydrogen-bond donors (Lipinski definition) is 1. The maximum Gasteiger partial charge on any atom is 0.265 e. The molecule has 154 valence electrons. The predicted octanol–water partition coefficient (Wildman–Crippen LogP) is 4.40. The Kier molecular flexibility index (Phi) is 7.38. The van der Waals surface area contributed by atoms with E-state index in [2.05, 4.69) is 10.5 Å². The minimum absolute atomic E-state index is 0.0888. The normalized spacial score (nSPS) is 10.6. The number of amides is 1. The Morgan fingerprint density at radius 3 is 2.57 bits per heavy atom. The van der Waals surface area contributed by atoms with E-state index in [0.29, 0.717) is 23.7 Å². The van der Waals surface area contributed by atoms with E-state index in [4.69, 9.17) is 14.3 Å². The average Bonchev–Trinajstić information content (AvgIpc) is 2.78. The van der Waals surface area contributed by atoms with Crippen LogP contribution in [-0.2, 0) is 16.2 Å². The van der Waals surface area contributed by atoms with E-state index in [1.54, 1.807) is 31.4 Å². The quantitative estimate of drug-likeness (QED) is 0.421. The lowest BCUT2D eigenvalue weighted by Gasteiger charge is -2.11. The van der Waals surface area contributed by atoms with Crippen molar-refractivity contribution >= 4 is 17.8 Å². The number of ether oxygens (including phenoxy) is 2. The number of carbonyl (C=O) groups is 1. The van der Waals surface area contributed by atoms with Crippen LogP contribution in [0.1, 0.15) is 11.1 Å². The summed E-state index contributed by atoms with van der Waals surface area (Å²) in [7, 11) is 1.55. The molecule has 7 heteroatoms. The van der Waals surface area contributed by atoms with Gasteiger partial charge in [-0.3, -0.25) is 4.79 Å². The second kappa shape index (κ2) is 10.6. The molecule has 1 amide bonds. The fourth-order valence-corrected chi connectivity index (χ4v) is 2.56. The van der Waals surface area contributed by atoms with Crippen LogP contribution < -0.4 is 14.8 Å². The number of rotatable bonds is 9. The topological polar surface area (TPSA) is 69.2 Å². The van der Waals surface area contributed by atoms with Crippen molar-refractivity contribution in [2.75, 3.05) is 19.0 Å². The van der Waals surface area contributed by atoms with Crippen molar-refractivity contribution in [2.24, 2.45) is 5.16 Å². The lowest BCUT2D eigenvalue weighted by atomic mass is 10.2. The third kappa shape index (κ3) is 6.07. The minimum Gasteiger partial charge on any atom is -0.493 e. The molecule has 3 rings (SSSR count). The van der Waals surface area contributed by atoms with Crippen molar-refractivity contribution in [3.05, 3.63) is 89.7 Å². The summed E-state index contributed by atoms with van der Waals surface area (Å²) in [4.78, 5) is 16.8. The zero-order chi connectivity index (χ0) is 21.2. The van der Waals surface area contributed by atoms with Gasteiger partial charge in [-0.25, -0.2) is 4.39 Å². The predicted molar refractivity (Wildman–Crippen MR) is 112 cm³/mol. The fraction of sp³-hybridized carbons (Fsp3) is 0.130. The third-order valence-electron chi connectivity index (χ3n) is 4.04. The van der Waals surface area contributed by atoms with Crippen LogP contribution in [0.3, 0.4) is 0 Å². The van der Waals surface area contributed by atoms with E-state index in [9.17, 15) is 9.18 Å². The largest absolute Gasteiger partial charge is 0.493 e. The number of nitrogens with zero attached hydrogens (tertiary/aromatic N) is 1. The van der Waals surface area contributed by atoms with Crippen LogP contribution in [0.25, 0.3) is 0 Å². The molecule has 0 heterocycles. The van der Waals surface area contributed by atoms with Gasteiger partial charge in [0.15, 0.2) is 18.1 Å². The Labute approximate surface area is 173 Å². The molecule has 0 saturated heterocycles. The van der Waals surface area contributed by atoms with Crippen LogP contribution in [0.5, 0.6) is 11.5 Å². The molecule has 0 aliphatic rings. The highest BCUT2D eigenvalue weighted by molar-refractivity contribution is 5.91. The number of methoxy groups -OCH3 is 1. The number of anilines is 1. The van der Waals surface area contributed by atoms with Gasteiger partial charge in [0.2, 0.25) is 0 Å². The van der Waals surface area contributed by atoms with Gasteiger partial charge in [-0.05, 0) is 35.9 Å². The van der Waals surface area contributed by atoms with Crippen LogP contribution in [0, 0.1) is 5.82 Å². The Hall–Kier alpha value is -3.87.